The topological polar surface area (TPSA) is 61.8 Å². The molecular formula is C18H32N2O3. The largest absolute Gasteiger partial charge is 0.380 e. The first-order valence-corrected chi connectivity index (χ1v) is 9.43. The Balaban J connectivity index is 1.58. The Bertz CT molecular complexity index is 395. The van der Waals surface area contributed by atoms with Crippen molar-refractivity contribution in [1.29, 1.82) is 0 Å². The first-order chi connectivity index (χ1) is 11.1. The number of hydrogen-bond donors (Lipinski definition) is 2. The van der Waals surface area contributed by atoms with E-state index in [0.717, 1.165) is 45.7 Å². The number of nitrogens with one attached hydrogen (secondary N) is 1. The summed E-state index contributed by atoms with van der Waals surface area (Å²) in [6.45, 7) is 5.41. The summed E-state index contributed by atoms with van der Waals surface area (Å²) in [7, 11) is 0. The lowest BCUT2D eigenvalue weighted by atomic mass is 9.73. The Kier molecular flexibility index (Phi) is 5.60. The van der Waals surface area contributed by atoms with Gasteiger partial charge in [-0.2, -0.15) is 0 Å². The van der Waals surface area contributed by atoms with Gasteiger partial charge in [0.25, 0.3) is 5.91 Å². The summed E-state index contributed by atoms with van der Waals surface area (Å²) in [5, 5.41) is 13.6. The van der Waals surface area contributed by atoms with Crippen LogP contribution in [0.1, 0.15) is 57.8 Å². The first kappa shape index (κ1) is 17.2. The van der Waals surface area contributed by atoms with Crippen LogP contribution in [0, 0.1) is 5.41 Å². The molecule has 0 bridgehead atoms. The molecule has 0 aromatic heterocycles. The molecular weight excluding hydrogens is 292 g/mol. The summed E-state index contributed by atoms with van der Waals surface area (Å²) < 4.78 is 5.46. The number of aliphatic hydroxyl groups is 1. The highest BCUT2D eigenvalue weighted by atomic mass is 16.5. The summed E-state index contributed by atoms with van der Waals surface area (Å²) in [6.07, 6.45) is 9.35. The minimum absolute atomic E-state index is 0.137. The monoisotopic (exact) mass is 324 g/mol. The van der Waals surface area contributed by atoms with Crippen LogP contribution in [0.4, 0.5) is 0 Å². The fraction of sp³-hybridized carbons (Fsp3) is 0.944. The van der Waals surface area contributed by atoms with Crippen LogP contribution in [-0.2, 0) is 9.53 Å². The van der Waals surface area contributed by atoms with E-state index in [9.17, 15) is 9.90 Å². The van der Waals surface area contributed by atoms with Gasteiger partial charge in [0, 0.05) is 31.6 Å². The molecule has 0 aromatic rings. The lowest BCUT2D eigenvalue weighted by Gasteiger charge is -2.42. The van der Waals surface area contributed by atoms with Crippen molar-refractivity contribution in [3.05, 3.63) is 0 Å². The van der Waals surface area contributed by atoms with Crippen molar-refractivity contribution in [2.24, 2.45) is 5.41 Å². The van der Waals surface area contributed by atoms with Gasteiger partial charge in [-0.05, 0) is 38.5 Å². The molecule has 0 spiro atoms. The van der Waals surface area contributed by atoms with Crippen molar-refractivity contribution in [3.8, 4) is 0 Å². The van der Waals surface area contributed by atoms with Crippen molar-refractivity contribution in [2.45, 2.75) is 63.4 Å². The van der Waals surface area contributed by atoms with E-state index >= 15 is 0 Å². The average Bonchev–Trinajstić information content (AvgIpc) is 3.03. The molecule has 0 radical (unpaired) electrons. The second-order valence-corrected chi connectivity index (χ2v) is 7.87. The van der Waals surface area contributed by atoms with Crippen molar-refractivity contribution >= 4 is 5.91 Å². The van der Waals surface area contributed by atoms with Crippen LogP contribution in [0.2, 0.25) is 0 Å². The quantitative estimate of drug-likeness (QED) is 0.808. The third-order valence-corrected chi connectivity index (χ3v) is 6.05. The normalized spacial score (nSPS) is 27.7. The van der Waals surface area contributed by atoms with Crippen molar-refractivity contribution < 1.29 is 14.6 Å². The zero-order valence-electron chi connectivity index (χ0n) is 14.3. The Labute approximate surface area is 139 Å². The lowest BCUT2D eigenvalue weighted by molar-refractivity contribution is -0.140. The van der Waals surface area contributed by atoms with Crippen LogP contribution in [0.5, 0.6) is 0 Å². The number of nitrogens with zero attached hydrogens (tertiary/aromatic N) is 1. The van der Waals surface area contributed by atoms with Crippen molar-refractivity contribution in [1.82, 2.24) is 10.2 Å². The van der Waals surface area contributed by atoms with E-state index in [4.69, 9.17) is 4.74 Å². The molecule has 1 aliphatic heterocycles. The average molecular weight is 324 g/mol. The maximum absolute atomic E-state index is 12.4. The predicted molar refractivity (Wildman–Crippen MR) is 89.2 cm³/mol. The Morgan fingerprint density at radius 2 is 1.61 bits per heavy atom. The molecule has 1 heterocycles. The van der Waals surface area contributed by atoms with E-state index in [1.54, 1.807) is 0 Å². The summed E-state index contributed by atoms with van der Waals surface area (Å²) in [4.78, 5) is 14.9. The molecule has 23 heavy (non-hydrogen) atoms. The van der Waals surface area contributed by atoms with Gasteiger partial charge in [0.1, 0.15) is 5.60 Å². The molecule has 0 unspecified atom stereocenters. The maximum Gasteiger partial charge on any atom is 0.251 e. The minimum Gasteiger partial charge on any atom is -0.380 e. The smallest absolute Gasteiger partial charge is 0.251 e. The molecule has 1 amide bonds. The molecule has 2 N–H and O–H groups in total. The molecule has 0 aromatic carbocycles. The van der Waals surface area contributed by atoms with Crippen molar-refractivity contribution in [2.75, 3.05) is 39.4 Å². The van der Waals surface area contributed by atoms with Gasteiger partial charge >= 0.3 is 0 Å². The number of rotatable bonds is 5. The van der Waals surface area contributed by atoms with Crippen LogP contribution < -0.4 is 5.32 Å². The summed E-state index contributed by atoms with van der Waals surface area (Å²) in [6, 6.07) is 0. The fourth-order valence-corrected chi connectivity index (χ4v) is 4.55. The van der Waals surface area contributed by atoms with Gasteiger partial charge in [0.05, 0.1) is 13.2 Å². The summed E-state index contributed by atoms with van der Waals surface area (Å²) in [5.74, 6) is -0.137. The SMILES string of the molecule is O=C(NCC1(CN2CCOCC2)CCCCC1)C1(O)CCCC1. The van der Waals surface area contributed by atoms with Crippen LogP contribution in [0.25, 0.3) is 0 Å². The molecule has 5 nitrogen and oxygen atoms in total. The van der Waals surface area contributed by atoms with Gasteiger partial charge in [-0.1, -0.05) is 19.3 Å². The molecule has 0 atom stereocenters. The second kappa shape index (κ2) is 7.49. The highest BCUT2D eigenvalue weighted by Gasteiger charge is 2.41. The molecule has 3 rings (SSSR count). The van der Waals surface area contributed by atoms with Crippen LogP contribution in [0.15, 0.2) is 0 Å². The third-order valence-electron chi connectivity index (χ3n) is 6.05. The molecule has 132 valence electrons. The Morgan fingerprint density at radius 3 is 2.26 bits per heavy atom. The summed E-state index contributed by atoms with van der Waals surface area (Å²) >= 11 is 0. The van der Waals surface area contributed by atoms with Gasteiger partial charge in [0.15, 0.2) is 0 Å². The van der Waals surface area contributed by atoms with Gasteiger partial charge < -0.3 is 15.2 Å². The number of ether oxygens (including phenoxy) is 1. The van der Waals surface area contributed by atoms with E-state index in [1.165, 1.54) is 32.1 Å². The zero-order chi connectivity index (χ0) is 16.2. The van der Waals surface area contributed by atoms with E-state index in [-0.39, 0.29) is 11.3 Å². The van der Waals surface area contributed by atoms with Gasteiger partial charge in [0.2, 0.25) is 0 Å². The predicted octanol–water partition coefficient (Wildman–Crippen LogP) is 1.69. The van der Waals surface area contributed by atoms with E-state index < -0.39 is 5.60 Å². The highest BCUT2D eigenvalue weighted by Crippen LogP contribution is 2.37. The minimum atomic E-state index is -1.10. The summed E-state index contributed by atoms with van der Waals surface area (Å²) in [5.41, 5.74) is -0.922. The number of amides is 1. The standard InChI is InChI=1S/C18H32N2O3/c21-16(18(22)8-4-5-9-18)19-14-17(6-2-1-3-7-17)15-20-10-12-23-13-11-20/h22H,1-15H2,(H,19,21). The highest BCUT2D eigenvalue weighted by molar-refractivity contribution is 5.85. The molecule has 1 saturated heterocycles. The second-order valence-electron chi connectivity index (χ2n) is 7.87. The van der Waals surface area contributed by atoms with Gasteiger partial charge in [-0.3, -0.25) is 9.69 Å². The molecule has 2 aliphatic carbocycles. The molecule has 3 aliphatic rings. The van der Waals surface area contributed by atoms with E-state index in [1.807, 2.05) is 0 Å². The molecule has 5 heteroatoms. The van der Waals surface area contributed by atoms with Crippen LogP contribution in [0.3, 0.4) is 0 Å². The molecule has 3 fully saturated rings. The van der Waals surface area contributed by atoms with Crippen LogP contribution >= 0.6 is 0 Å². The number of morpholine rings is 1. The van der Waals surface area contributed by atoms with Gasteiger partial charge in [-0.25, -0.2) is 0 Å². The molecule has 2 saturated carbocycles. The van der Waals surface area contributed by atoms with Gasteiger partial charge in [-0.15, -0.1) is 0 Å². The Hall–Kier alpha value is -0.650. The maximum atomic E-state index is 12.4. The van der Waals surface area contributed by atoms with E-state index in [0.29, 0.717) is 19.4 Å². The lowest BCUT2D eigenvalue weighted by Crippen LogP contribution is -2.52. The van der Waals surface area contributed by atoms with Crippen molar-refractivity contribution in [3.63, 3.8) is 0 Å². The number of carbonyl (C=O) groups excluding carboxylic acids is 1. The third kappa shape index (κ3) is 4.25. The van der Waals surface area contributed by atoms with Crippen LogP contribution in [-0.4, -0.2) is 60.9 Å². The fourth-order valence-electron chi connectivity index (χ4n) is 4.55. The number of hydrogen-bond acceptors (Lipinski definition) is 4. The Morgan fingerprint density at radius 1 is 1.00 bits per heavy atom. The first-order valence-electron chi connectivity index (χ1n) is 9.43. The van der Waals surface area contributed by atoms with E-state index in [2.05, 4.69) is 10.2 Å². The zero-order valence-corrected chi connectivity index (χ0v) is 14.3. The number of carbonyl (C=O) groups is 1.